The Balaban J connectivity index is 1.87. The second-order valence-corrected chi connectivity index (χ2v) is 6.05. The molecule has 0 bridgehead atoms. The minimum atomic E-state index is -2.63. The number of nitrogens with one attached hydrogen (secondary N) is 1. The monoisotopic (exact) mass is 314 g/mol. The van der Waals surface area contributed by atoms with Crippen molar-refractivity contribution in [1.29, 1.82) is 0 Å². The Morgan fingerprint density at radius 2 is 2.18 bits per heavy atom. The number of piperidine rings is 1. The number of amides is 1. The molecule has 0 aliphatic carbocycles. The summed E-state index contributed by atoms with van der Waals surface area (Å²) in [5.74, 6) is 1.06. The number of carbonyl (C=O) groups is 1. The van der Waals surface area contributed by atoms with Crippen molar-refractivity contribution in [2.75, 3.05) is 20.1 Å². The zero-order chi connectivity index (χ0) is 16.1. The normalized spacial score (nSPS) is 17.7. The lowest BCUT2D eigenvalue weighted by molar-refractivity contribution is -0.132. The maximum atomic E-state index is 12.8. The molecule has 2 rings (SSSR count). The highest BCUT2D eigenvalue weighted by Gasteiger charge is 2.24. The van der Waals surface area contributed by atoms with Gasteiger partial charge in [0.05, 0.1) is 6.54 Å². The first-order chi connectivity index (χ1) is 10.5. The minimum absolute atomic E-state index is 0.0187. The van der Waals surface area contributed by atoms with Gasteiger partial charge in [-0.05, 0) is 37.8 Å². The molecule has 1 saturated heterocycles. The topological polar surface area (TPSA) is 50.2 Å². The molecule has 1 unspecified atom stereocenters. The quantitative estimate of drug-likeness (QED) is 0.876. The van der Waals surface area contributed by atoms with Crippen molar-refractivity contribution in [2.24, 2.45) is 11.8 Å². The van der Waals surface area contributed by atoms with Gasteiger partial charge in [0.2, 0.25) is 5.91 Å². The SMILES string of the molecule is CC(CC(=O)N(C)Cc1nccn1C(F)F)C1CCNCC1. The summed E-state index contributed by atoms with van der Waals surface area (Å²) < 4.78 is 26.3. The molecule has 1 atom stereocenters. The fraction of sp³-hybridized carbons (Fsp3) is 0.733. The van der Waals surface area contributed by atoms with Gasteiger partial charge in [-0.3, -0.25) is 9.36 Å². The van der Waals surface area contributed by atoms with Crippen molar-refractivity contribution >= 4 is 5.91 Å². The van der Waals surface area contributed by atoms with E-state index >= 15 is 0 Å². The van der Waals surface area contributed by atoms with Crippen molar-refractivity contribution in [3.63, 3.8) is 0 Å². The number of alkyl halides is 2. The van der Waals surface area contributed by atoms with E-state index < -0.39 is 6.55 Å². The summed E-state index contributed by atoms with van der Waals surface area (Å²) in [6.07, 6.45) is 5.20. The highest BCUT2D eigenvalue weighted by Crippen LogP contribution is 2.25. The Morgan fingerprint density at radius 3 is 2.82 bits per heavy atom. The van der Waals surface area contributed by atoms with Crippen LogP contribution < -0.4 is 5.32 Å². The van der Waals surface area contributed by atoms with Crippen LogP contribution in [0.4, 0.5) is 8.78 Å². The second kappa shape index (κ2) is 7.67. The summed E-state index contributed by atoms with van der Waals surface area (Å²) >= 11 is 0. The third kappa shape index (κ3) is 4.25. The number of hydrogen-bond donors (Lipinski definition) is 1. The fourth-order valence-electron chi connectivity index (χ4n) is 2.96. The number of hydrogen-bond acceptors (Lipinski definition) is 3. The zero-order valence-electron chi connectivity index (χ0n) is 13.1. The van der Waals surface area contributed by atoms with Gasteiger partial charge in [-0.2, -0.15) is 8.78 Å². The average Bonchev–Trinajstić information content (AvgIpc) is 2.96. The van der Waals surface area contributed by atoms with Crippen molar-refractivity contribution in [3.8, 4) is 0 Å². The number of nitrogens with zero attached hydrogens (tertiary/aromatic N) is 3. The second-order valence-electron chi connectivity index (χ2n) is 6.05. The van der Waals surface area contributed by atoms with Gasteiger partial charge in [0.1, 0.15) is 5.82 Å². The van der Waals surface area contributed by atoms with E-state index in [4.69, 9.17) is 0 Å². The molecule has 0 aromatic carbocycles. The molecule has 1 aromatic rings. The number of carbonyl (C=O) groups excluding carboxylic acids is 1. The number of imidazole rings is 1. The predicted octanol–water partition coefficient (Wildman–Crippen LogP) is 2.26. The lowest BCUT2D eigenvalue weighted by Gasteiger charge is -2.29. The minimum Gasteiger partial charge on any atom is -0.338 e. The van der Waals surface area contributed by atoms with Gasteiger partial charge in [-0.25, -0.2) is 4.98 Å². The molecule has 0 spiro atoms. The summed E-state index contributed by atoms with van der Waals surface area (Å²) in [7, 11) is 1.64. The molecule has 0 saturated carbocycles. The Bertz CT molecular complexity index is 486. The third-order valence-electron chi connectivity index (χ3n) is 4.45. The van der Waals surface area contributed by atoms with Gasteiger partial charge in [0.25, 0.3) is 0 Å². The molecule has 1 N–H and O–H groups in total. The van der Waals surface area contributed by atoms with Crippen molar-refractivity contribution < 1.29 is 13.6 Å². The third-order valence-corrected chi connectivity index (χ3v) is 4.45. The first-order valence-corrected chi connectivity index (χ1v) is 7.73. The molecule has 1 aliphatic rings. The van der Waals surface area contributed by atoms with Crippen LogP contribution >= 0.6 is 0 Å². The van der Waals surface area contributed by atoms with E-state index in [-0.39, 0.29) is 18.3 Å². The van der Waals surface area contributed by atoms with Crippen LogP contribution in [0, 0.1) is 11.8 Å². The smallest absolute Gasteiger partial charge is 0.319 e. The lowest BCUT2D eigenvalue weighted by Crippen LogP contribution is -2.34. The van der Waals surface area contributed by atoms with Crippen LogP contribution in [0.5, 0.6) is 0 Å². The first kappa shape index (κ1) is 16.9. The highest BCUT2D eigenvalue weighted by molar-refractivity contribution is 5.76. The van der Waals surface area contributed by atoms with E-state index in [1.54, 1.807) is 7.05 Å². The summed E-state index contributed by atoms with van der Waals surface area (Å²) in [6, 6.07) is 0. The van der Waals surface area contributed by atoms with Gasteiger partial charge >= 0.3 is 6.55 Å². The molecule has 0 radical (unpaired) electrons. The van der Waals surface area contributed by atoms with Gasteiger partial charge in [0.15, 0.2) is 0 Å². The molecule has 1 fully saturated rings. The molecule has 2 heterocycles. The number of halogens is 2. The summed E-state index contributed by atoms with van der Waals surface area (Å²) in [5.41, 5.74) is 0. The van der Waals surface area contributed by atoms with E-state index in [0.29, 0.717) is 18.3 Å². The van der Waals surface area contributed by atoms with Gasteiger partial charge in [-0.1, -0.05) is 6.92 Å². The van der Waals surface area contributed by atoms with Gasteiger partial charge in [0, 0.05) is 25.9 Å². The Hall–Kier alpha value is -1.50. The number of rotatable bonds is 6. The van der Waals surface area contributed by atoms with Crippen LogP contribution in [0.25, 0.3) is 0 Å². The van der Waals surface area contributed by atoms with E-state index in [2.05, 4.69) is 17.2 Å². The number of aromatic nitrogens is 2. The molecule has 7 heteroatoms. The fourth-order valence-corrected chi connectivity index (χ4v) is 2.96. The average molecular weight is 314 g/mol. The zero-order valence-corrected chi connectivity index (χ0v) is 13.1. The van der Waals surface area contributed by atoms with Crippen LogP contribution in [-0.2, 0) is 11.3 Å². The Labute approximate surface area is 129 Å². The van der Waals surface area contributed by atoms with Gasteiger partial charge in [-0.15, -0.1) is 0 Å². The van der Waals surface area contributed by atoms with E-state index in [9.17, 15) is 13.6 Å². The van der Waals surface area contributed by atoms with Crippen LogP contribution in [0.2, 0.25) is 0 Å². The van der Waals surface area contributed by atoms with Gasteiger partial charge < -0.3 is 10.2 Å². The van der Waals surface area contributed by atoms with Crippen molar-refractivity contribution in [2.45, 2.75) is 39.3 Å². The van der Waals surface area contributed by atoms with Crippen LogP contribution in [0.3, 0.4) is 0 Å². The maximum absolute atomic E-state index is 12.8. The Morgan fingerprint density at radius 1 is 1.50 bits per heavy atom. The van der Waals surface area contributed by atoms with Crippen LogP contribution in [-0.4, -0.2) is 40.5 Å². The first-order valence-electron chi connectivity index (χ1n) is 7.73. The molecule has 1 amide bonds. The molecule has 124 valence electrons. The van der Waals surface area contributed by atoms with Crippen LogP contribution in [0.1, 0.15) is 38.6 Å². The summed E-state index contributed by atoms with van der Waals surface area (Å²) in [6.45, 7) is 1.59. The largest absolute Gasteiger partial charge is 0.338 e. The summed E-state index contributed by atoms with van der Waals surface area (Å²) in [4.78, 5) is 17.7. The Kier molecular flexibility index (Phi) is 5.88. The van der Waals surface area contributed by atoms with Crippen molar-refractivity contribution in [1.82, 2.24) is 19.8 Å². The molecular formula is C15H24F2N4O. The van der Waals surface area contributed by atoms with E-state index in [0.717, 1.165) is 30.5 Å². The molecule has 5 nitrogen and oxygen atoms in total. The standard InChI is InChI=1S/C15H24F2N4O/c1-11(12-3-5-18-6-4-12)9-14(22)20(2)10-13-19-7-8-21(13)15(16)17/h7-8,11-12,15,18H,3-6,9-10H2,1-2H3. The highest BCUT2D eigenvalue weighted by atomic mass is 19.3. The maximum Gasteiger partial charge on any atom is 0.319 e. The molecule has 22 heavy (non-hydrogen) atoms. The molecular weight excluding hydrogens is 290 g/mol. The van der Waals surface area contributed by atoms with E-state index in [1.807, 2.05) is 0 Å². The van der Waals surface area contributed by atoms with E-state index in [1.165, 1.54) is 17.3 Å². The van der Waals surface area contributed by atoms with Crippen molar-refractivity contribution in [3.05, 3.63) is 18.2 Å². The summed E-state index contributed by atoms with van der Waals surface area (Å²) in [5, 5.41) is 3.31. The van der Waals surface area contributed by atoms with Crippen LogP contribution in [0.15, 0.2) is 12.4 Å². The predicted molar refractivity (Wildman–Crippen MR) is 79.3 cm³/mol. The molecule has 1 aliphatic heterocycles. The lowest BCUT2D eigenvalue weighted by atomic mass is 9.84. The molecule has 1 aromatic heterocycles.